The number of hydrogen-bond donors (Lipinski definition) is 3. The lowest BCUT2D eigenvalue weighted by Crippen LogP contribution is -2.42. The molecule has 8 nitrogen and oxygen atoms in total. The Balaban J connectivity index is 1.88. The average Bonchev–Trinajstić information content (AvgIpc) is 3.28. The number of aromatic nitrogens is 3. The second-order valence-corrected chi connectivity index (χ2v) is 8.42. The largest absolute Gasteiger partial charge is 0.435 e. The molecule has 2 heterocycles. The zero-order valence-electron chi connectivity index (χ0n) is 18.9. The molecular formula is C23H28F3N7O. The van der Waals surface area contributed by atoms with Gasteiger partial charge >= 0.3 is 6.18 Å². The monoisotopic (exact) mass is 475 g/mol. The number of nitrogens with two attached hydrogens (primary N) is 2. The molecular weight excluding hydrogens is 447 g/mol. The summed E-state index contributed by atoms with van der Waals surface area (Å²) in [6.45, 7) is 5.34. The van der Waals surface area contributed by atoms with Gasteiger partial charge in [-0.2, -0.15) is 18.3 Å². The zero-order valence-corrected chi connectivity index (χ0v) is 18.9. The summed E-state index contributed by atoms with van der Waals surface area (Å²) in [7, 11) is 0. The van der Waals surface area contributed by atoms with Crippen molar-refractivity contribution in [1.29, 1.82) is 0 Å². The van der Waals surface area contributed by atoms with E-state index in [4.69, 9.17) is 11.5 Å². The number of carbonyl (C=O) groups excluding carboxylic acids is 1. The van der Waals surface area contributed by atoms with Crippen LogP contribution in [0.3, 0.4) is 0 Å². The molecule has 1 amide bonds. The lowest BCUT2D eigenvalue weighted by molar-refractivity contribution is -0.141. The van der Waals surface area contributed by atoms with Crippen molar-refractivity contribution in [1.82, 2.24) is 20.1 Å². The van der Waals surface area contributed by atoms with Gasteiger partial charge in [0.15, 0.2) is 5.69 Å². The summed E-state index contributed by atoms with van der Waals surface area (Å²) in [4.78, 5) is 21.0. The van der Waals surface area contributed by atoms with Crippen LogP contribution in [0.2, 0.25) is 0 Å². The fourth-order valence-corrected chi connectivity index (χ4v) is 3.99. The van der Waals surface area contributed by atoms with Gasteiger partial charge in [0, 0.05) is 42.4 Å². The molecule has 0 bridgehead atoms. The smallest absolute Gasteiger partial charge is 0.399 e. The molecule has 2 aromatic heterocycles. The third-order valence-electron chi connectivity index (χ3n) is 6.03. The van der Waals surface area contributed by atoms with E-state index in [0.29, 0.717) is 5.57 Å². The van der Waals surface area contributed by atoms with Gasteiger partial charge in [0.1, 0.15) is 0 Å². The van der Waals surface area contributed by atoms with Crippen LogP contribution in [0, 0.1) is 0 Å². The van der Waals surface area contributed by atoms with Gasteiger partial charge in [-0.3, -0.25) is 9.78 Å². The van der Waals surface area contributed by atoms with Crippen molar-refractivity contribution in [3.05, 3.63) is 71.6 Å². The molecule has 0 unspecified atom stereocenters. The molecule has 0 spiro atoms. The van der Waals surface area contributed by atoms with Crippen LogP contribution in [0.4, 0.5) is 13.2 Å². The summed E-state index contributed by atoms with van der Waals surface area (Å²) in [5.74, 6) is -1.24. The Morgan fingerprint density at radius 3 is 2.62 bits per heavy atom. The van der Waals surface area contributed by atoms with Crippen LogP contribution in [0.25, 0.3) is 0 Å². The lowest BCUT2D eigenvalue weighted by Gasteiger charge is -2.37. The van der Waals surface area contributed by atoms with Crippen LogP contribution < -0.4 is 16.8 Å². The number of carbonyl (C=O) groups is 1. The van der Waals surface area contributed by atoms with Gasteiger partial charge < -0.3 is 16.8 Å². The van der Waals surface area contributed by atoms with E-state index in [0.717, 1.165) is 48.5 Å². The van der Waals surface area contributed by atoms with Crippen molar-refractivity contribution in [3.8, 4) is 0 Å². The SMILES string of the molecule is C=C(N)/C(C)=C\N=C(/N)n1cc(C(=O)NCC2(c3cccnc3)CCCCC2)c(C(F)(F)F)n1. The fourth-order valence-electron chi connectivity index (χ4n) is 3.99. The van der Waals surface area contributed by atoms with Crippen molar-refractivity contribution in [2.75, 3.05) is 6.54 Å². The van der Waals surface area contributed by atoms with Gasteiger partial charge in [0.2, 0.25) is 5.96 Å². The molecule has 1 saturated carbocycles. The summed E-state index contributed by atoms with van der Waals surface area (Å²) in [6, 6.07) is 3.75. The zero-order chi connectivity index (χ0) is 24.9. The molecule has 3 rings (SSSR count). The average molecular weight is 476 g/mol. The van der Waals surface area contributed by atoms with E-state index >= 15 is 0 Å². The van der Waals surface area contributed by atoms with Gasteiger partial charge in [0.05, 0.1) is 5.56 Å². The van der Waals surface area contributed by atoms with Crippen LogP contribution in [-0.4, -0.2) is 33.2 Å². The second-order valence-electron chi connectivity index (χ2n) is 8.42. The molecule has 0 radical (unpaired) electrons. The van der Waals surface area contributed by atoms with Gasteiger partial charge in [-0.15, -0.1) is 0 Å². The third kappa shape index (κ3) is 5.64. The Hall–Kier alpha value is -3.63. The molecule has 182 valence electrons. The second kappa shape index (κ2) is 10.1. The number of rotatable bonds is 6. The number of nitrogens with zero attached hydrogens (tertiary/aromatic N) is 4. The highest BCUT2D eigenvalue weighted by atomic mass is 19.4. The fraction of sp³-hybridized carbons (Fsp3) is 0.391. The number of hydrogen-bond acceptors (Lipinski definition) is 5. The van der Waals surface area contributed by atoms with E-state index < -0.39 is 23.3 Å². The molecule has 1 fully saturated rings. The first-order valence-corrected chi connectivity index (χ1v) is 10.8. The predicted molar refractivity (Wildman–Crippen MR) is 123 cm³/mol. The Morgan fingerprint density at radius 1 is 1.32 bits per heavy atom. The number of alkyl halides is 3. The summed E-state index contributed by atoms with van der Waals surface area (Å²) < 4.78 is 41.7. The number of amides is 1. The van der Waals surface area contributed by atoms with Gasteiger partial charge in [-0.05, 0) is 37.0 Å². The maximum Gasteiger partial charge on any atom is 0.435 e. The minimum Gasteiger partial charge on any atom is -0.399 e. The van der Waals surface area contributed by atoms with Crippen LogP contribution in [0.1, 0.15) is 60.6 Å². The van der Waals surface area contributed by atoms with E-state index in [2.05, 4.69) is 27.0 Å². The minimum atomic E-state index is -4.86. The van der Waals surface area contributed by atoms with Gasteiger partial charge in [-0.1, -0.05) is 31.9 Å². The highest BCUT2D eigenvalue weighted by Crippen LogP contribution is 2.39. The van der Waals surface area contributed by atoms with Gasteiger partial charge in [-0.25, -0.2) is 9.67 Å². The lowest BCUT2D eigenvalue weighted by atomic mass is 9.70. The number of aliphatic imine (C=N–C) groups is 1. The van der Waals surface area contributed by atoms with Crippen LogP contribution in [0.15, 0.2) is 59.8 Å². The molecule has 0 saturated heterocycles. The quantitative estimate of drug-likeness (QED) is 0.335. The molecule has 5 N–H and O–H groups in total. The maximum absolute atomic E-state index is 13.7. The molecule has 2 aromatic rings. The van der Waals surface area contributed by atoms with Crippen molar-refractivity contribution in [3.63, 3.8) is 0 Å². The number of allylic oxidation sites excluding steroid dienone is 1. The number of nitrogens with one attached hydrogen (secondary N) is 1. The summed E-state index contributed by atoms with van der Waals surface area (Å²) >= 11 is 0. The van der Waals surface area contributed by atoms with Crippen LogP contribution in [0.5, 0.6) is 0 Å². The number of halogens is 3. The van der Waals surface area contributed by atoms with E-state index in [1.807, 2.05) is 12.1 Å². The summed E-state index contributed by atoms with van der Waals surface area (Å²) in [5, 5.41) is 6.17. The molecule has 0 atom stereocenters. The Morgan fingerprint density at radius 2 is 2.03 bits per heavy atom. The molecule has 0 aliphatic heterocycles. The summed E-state index contributed by atoms with van der Waals surface area (Å²) in [6.07, 6.45) is 5.35. The summed E-state index contributed by atoms with van der Waals surface area (Å²) in [5.41, 5.74) is 10.6. The molecule has 11 heteroatoms. The Labute approximate surface area is 195 Å². The van der Waals surface area contributed by atoms with E-state index in [9.17, 15) is 18.0 Å². The highest BCUT2D eigenvalue weighted by Gasteiger charge is 2.40. The van der Waals surface area contributed by atoms with Crippen molar-refractivity contribution in [2.24, 2.45) is 16.5 Å². The van der Waals surface area contributed by atoms with E-state index in [1.54, 1.807) is 19.3 Å². The Bertz CT molecular complexity index is 1100. The minimum absolute atomic E-state index is 0.185. The molecule has 0 aromatic carbocycles. The standard InChI is InChI=1S/C23H28F3N7O/c1-15(16(2)27)11-30-21(28)33-13-18(19(32-33)23(24,25)26)20(34)31-14-22(8-4-3-5-9-22)17-7-6-10-29-12-17/h6-7,10-13H,2-5,8-9,14,27H2,1H3,(H2,28,30)(H,31,34)/b15-11-. The van der Waals surface area contributed by atoms with E-state index in [-0.39, 0.29) is 23.6 Å². The van der Waals surface area contributed by atoms with Crippen molar-refractivity contribution < 1.29 is 18.0 Å². The van der Waals surface area contributed by atoms with E-state index in [1.165, 1.54) is 6.20 Å². The molecule has 1 aliphatic carbocycles. The number of pyridine rings is 1. The Kier molecular flexibility index (Phi) is 7.43. The normalized spacial score (nSPS) is 16.8. The third-order valence-corrected chi connectivity index (χ3v) is 6.03. The first-order chi connectivity index (χ1) is 16.0. The topological polar surface area (TPSA) is 124 Å². The highest BCUT2D eigenvalue weighted by molar-refractivity contribution is 5.96. The van der Waals surface area contributed by atoms with Crippen LogP contribution >= 0.6 is 0 Å². The molecule has 34 heavy (non-hydrogen) atoms. The van der Waals surface area contributed by atoms with Crippen LogP contribution in [-0.2, 0) is 11.6 Å². The van der Waals surface area contributed by atoms with Crippen molar-refractivity contribution >= 4 is 11.9 Å². The molecule has 1 aliphatic rings. The first kappa shape index (κ1) is 25.0. The first-order valence-electron chi connectivity index (χ1n) is 10.8. The van der Waals surface area contributed by atoms with Crippen molar-refractivity contribution in [2.45, 2.75) is 50.6 Å². The predicted octanol–water partition coefficient (Wildman–Crippen LogP) is 3.47. The maximum atomic E-state index is 13.7. The van der Waals surface area contributed by atoms with Gasteiger partial charge in [0.25, 0.3) is 5.91 Å².